The van der Waals surface area contributed by atoms with Crippen molar-refractivity contribution in [3.63, 3.8) is 0 Å². The van der Waals surface area contributed by atoms with E-state index in [0.29, 0.717) is 25.5 Å². The van der Waals surface area contributed by atoms with Gasteiger partial charge in [0.25, 0.3) is 0 Å². The SMILES string of the molecule is CCOCCCCNC(=NC)NCCCN(C)CC(F)(F)F. The monoisotopic (exact) mass is 326 g/mol. The van der Waals surface area contributed by atoms with Crippen molar-refractivity contribution in [2.45, 2.75) is 32.4 Å². The molecule has 0 bridgehead atoms. The Morgan fingerprint density at radius 3 is 2.32 bits per heavy atom. The molecule has 0 aromatic rings. The smallest absolute Gasteiger partial charge is 0.382 e. The number of nitrogens with zero attached hydrogens (tertiary/aromatic N) is 2. The van der Waals surface area contributed by atoms with E-state index < -0.39 is 12.7 Å². The minimum Gasteiger partial charge on any atom is -0.382 e. The molecule has 5 nitrogen and oxygen atoms in total. The number of rotatable bonds is 11. The molecule has 22 heavy (non-hydrogen) atoms. The van der Waals surface area contributed by atoms with Crippen molar-refractivity contribution in [2.75, 3.05) is 53.5 Å². The lowest BCUT2D eigenvalue weighted by Gasteiger charge is -2.18. The van der Waals surface area contributed by atoms with Gasteiger partial charge >= 0.3 is 6.18 Å². The molecule has 0 aromatic heterocycles. The van der Waals surface area contributed by atoms with E-state index in [1.165, 1.54) is 11.9 Å². The second kappa shape index (κ2) is 12.5. The van der Waals surface area contributed by atoms with Gasteiger partial charge < -0.3 is 15.4 Å². The second-order valence-corrected chi connectivity index (χ2v) is 5.04. The number of nitrogens with one attached hydrogen (secondary N) is 2. The van der Waals surface area contributed by atoms with Crippen molar-refractivity contribution >= 4 is 5.96 Å². The number of guanidine groups is 1. The molecule has 0 unspecified atom stereocenters. The zero-order chi connectivity index (χ0) is 16.8. The van der Waals surface area contributed by atoms with Crippen LogP contribution in [0.3, 0.4) is 0 Å². The third-order valence-electron chi connectivity index (χ3n) is 2.89. The molecule has 0 saturated heterocycles. The quantitative estimate of drug-likeness (QED) is 0.346. The zero-order valence-corrected chi connectivity index (χ0v) is 13.8. The molecule has 0 heterocycles. The van der Waals surface area contributed by atoms with Gasteiger partial charge in [-0.15, -0.1) is 0 Å². The molecule has 0 amide bonds. The van der Waals surface area contributed by atoms with Crippen LogP contribution in [0.25, 0.3) is 0 Å². The van der Waals surface area contributed by atoms with E-state index in [9.17, 15) is 13.2 Å². The van der Waals surface area contributed by atoms with Crippen LogP contribution in [-0.2, 0) is 4.74 Å². The molecule has 0 aliphatic heterocycles. The largest absolute Gasteiger partial charge is 0.401 e. The van der Waals surface area contributed by atoms with Crippen molar-refractivity contribution in [2.24, 2.45) is 4.99 Å². The lowest BCUT2D eigenvalue weighted by Crippen LogP contribution is -2.39. The first-order chi connectivity index (χ1) is 10.4. The Hall–Kier alpha value is -1.02. The van der Waals surface area contributed by atoms with Crippen molar-refractivity contribution in [3.8, 4) is 0 Å². The molecule has 0 rings (SSSR count). The van der Waals surface area contributed by atoms with Gasteiger partial charge in [0.2, 0.25) is 0 Å². The van der Waals surface area contributed by atoms with Crippen LogP contribution in [0.5, 0.6) is 0 Å². The summed E-state index contributed by atoms with van der Waals surface area (Å²) in [6.07, 6.45) is -1.55. The van der Waals surface area contributed by atoms with E-state index in [1.807, 2.05) is 6.92 Å². The summed E-state index contributed by atoms with van der Waals surface area (Å²) in [6, 6.07) is 0. The molecule has 0 fully saturated rings. The van der Waals surface area contributed by atoms with Gasteiger partial charge in [0, 0.05) is 33.4 Å². The molecule has 132 valence electrons. The predicted molar refractivity (Wildman–Crippen MR) is 83.3 cm³/mol. The summed E-state index contributed by atoms with van der Waals surface area (Å²) in [5.41, 5.74) is 0. The highest BCUT2D eigenvalue weighted by Gasteiger charge is 2.28. The Kier molecular flexibility index (Phi) is 11.9. The summed E-state index contributed by atoms with van der Waals surface area (Å²) in [4.78, 5) is 5.34. The number of hydrogen-bond acceptors (Lipinski definition) is 3. The molecule has 8 heteroatoms. The normalized spacial score (nSPS) is 12.8. The summed E-state index contributed by atoms with van der Waals surface area (Å²) in [7, 11) is 3.14. The minimum atomic E-state index is -4.14. The van der Waals surface area contributed by atoms with Crippen LogP contribution >= 0.6 is 0 Å². The number of ether oxygens (including phenoxy) is 1. The maximum absolute atomic E-state index is 12.2. The van der Waals surface area contributed by atoms with E-state index in [-0.39, 0.29) is 0 Å². The molecule has 0 spiro atoms. The highest BCUT2D eigenvalue weighted by Crippen LogP contribution is 2.15. The van der Waals surface area contributed by atoms with Crippen LogP contribution in [-0.4, -0.2) is 70.5 Å². The predicted octanol–water partition coefficient (Wildman–Crippen LogP) is 1.85. The van der Waals surface area contributed by atoms with Crippen LogP contribution in [0.4, 0.5) is 13.2 Å². The minimum absolute atomic E-state index is 0.387. The standard InChI is InChI=1S/C14H29F3N4O/c1-4-22-11-6-5-8-19-13(18-2)20-9-7-10-21(3)12-14(15,16)17/h4-12H2,1-3H3,(H2,18,19,20). The topological polar surface area (TPSA) is 48.9 Å². The number of alkyl halides is 3. The fourth-order valence-corrected chi connectivity index (χ4v) is 1.84. The van der Waals surface area contributed by atoms with E-state index >= 15 is 0 Å². The number of unbranched alkanes of at least 4 members (excludes halogenated alkanes) is 1. The van der Waals surface area contributed by atoms with Crippen LogP contribution in [0.1, 0.15) is 26.2 Å². The Bertz CT molecular complexity index is 298. The number of aliphatic imine (C=N–C) groups is 1. The Morgan fingerprint density at radius 2 is 1.77 bits per heavy atom. The van der Waals surface area contributed by atoms with E-state index in [2.05, 4.69) is 15.6 Å². The van der Waals surface area contributed by atoms with Gasteiger partial charge in [0.1, 0.15) is 0 Å². The second-order valence-electron chi connectivity index (χ2n) is 5.04. The van der Waals surface area contributed by atoms with Crippen molar-refractivity contribution in [3.05, 3.63) is 0 Å². The first-order valence-electron chi connectivity index (χ1n) is 7.66. The molecule has 0 atom stereocenters. The maximum Gasteiger partial charge on any atom is 0.401 e. The first-order valence-corrected chi connectivity index (χ1v) is 7.66. The van der Waals surface area contributed by atoms with Crippen LogP contribution in [0.15, 0.2) is 4.99 Å². The molecular formula is C14H29F3N4O. The Balaban J connectivity index is 3.62. The summed E-state index contributed by atoms with van der Waals surface area (Å²) in [5, 5.41) is 6.25. The first kappa shape index (κ1) is 21.0. The van der Waals surface area contributed by atoms with Gasteiger partial charge in [-0.1, -0.05) is 0 Å². The zero-order valence-electron chi connectivity index (χ0n) is 13.8. The van der Waals surface area contributed by atoms with Crippen molar-refractivity contribution in [1.82, 2.24) is 15.5 Å². The Labute approximate surface area is 131 Å². The average molecular weight is 326 g/mol. The van der Waals surface area contributed by atoms with Gasteiger partial charge in [-0.2, -0.15) is 13.2 Å². The fraction of sp³-hybridized carbons (Fsp3) is 0.929. The van der Waals surface area contributed by atoms with Gasteiger partial charge in [0.05, 0.1) is 6.54 Å². The molecule has 0 radical (unpaired) electrons. The molecule has 0 aliphatic carbocycles. The molecular weight excluding hydrogens is 297 g/mol. The molecule has 2 N–H and O–H groups in total. The van der Waals surface area contributed by atoms with Gasteiger partial charge in [-0.05, 0) is 39.8 Å². The summed E-state index contributed by atoms with van der Waals surface area (Å²) in [6.45, 7) is 4.35. The lowest BCUT2D eigenvalue weighted by atomic mass is 10.3. The number of halogens is 3. The number of hydrogen-bond donors (Lipinski definition) is 2. The molecule has 0 aromatic carbocycles. The van der Waals surface area contributed by atoms with E-state index in [1.54, 1.807) is 7.05 Å². The van der Waals surface area contributed by atoms with Gasteiger partial charge in [-0.25, -0.2) is 0 Å². The van der Waals surface area contributed by atoms with Crippen LogP contribution < -0.4 is 10.6 Å². The fourth-order valence-electron chi connectivity index (χ4n) is 1.84. The van der Waals surface area contributed by atoms with Crippen LogP contribution in [0, 0.1) is 0 Å². The highest BCUT2D eigenvalue weighted by molar-refractivity contribution is 5.79. The van der Waals surface area contributed by atoms with E-state index in [4.69, 9.17) is 4.74 Å². The third kappa shape index (κ3) is 13.9. The van der Waals surface area contributed by atoms with E-state index in [0.717, 1.165) is 32.6 Å². The molecule has 0 aliphatic rings. The van der Waals surface area contributed by atoms with Gasteiger partial charge in [-0.3, -0.25) is 9.89 Å². The molecule has 0 saturated carbocycles. The Morgan fingerprint density at radius 1 is 1.14 bits per heavy atom. The van der Waals surface area contributed by atoms with Crippen molar-refractivity contribution < 1.29 is 17.9 Å². The van der Waals surface area contributed by atoms with Crippen LogP contribution in [0.2, 0.25) is 0 Å². The van der Waals surface area contributed by atoms with Crippen molar-refractivity contribution in [1.29, 1.82) is 0 Å². The van der Waals surface area contributed by atoms with Gasteiger partial charge in [0.15, 0.2) is 5.96 Å². The summed E-state index contributed by atoms with van der Waals surface area (Å²) >= 11 is 0. The average Bonchev–Trinajstić information content (AvgIpc) is 2.43. The third-order valence-corrected chi connectivity index (χ3v) is 2.89. The summed E-state index contributed by atoms with van der Waals surface area (Å²) < 4.78 is 41.7. The highest BCUT2D eigenvalue weighted by atomic mass is 19.4. The lowest BCUT2D eigenvalue weighted by molar-refractivity contribution is -0.143. The summed E-state index contributed by atoms with van der Waals surface area (Å²) in [5.74, 6) is 0.676. The maximum atomic E-state index is 12.2.